The van der Waals surface area contributed by atoms with Crippen molar-refractivity contribution >= 4 is 38.5 Å². The summed E-state index contributed by atoms with van der Waals surface area (Å²) in [6, 6.07) is 17.5. The van der Waals surface area contributed by atoms with Crippen LogP contribution >= 0.6 is 11.3 Å². The van der Waals surface area contributed by atoms with Crippen LogP contribution in [0.15, 0.2) is 98.1 Å². The topological polar surface area (TPSA) is 185 Å². The molecule has 0 spiro atoms. The molecular weight excluding hydrogens is 560 g/mol. The maximum Gasteiger partial charge on any atom is 0.301 e. The van der Waals surface area contributed by atoms with Gasteiger partial charge >= 0.3 is 5.56 Å². The van der Waals surface area contributed by atoms with Crippen molar-refractivity contribution in [2.75, 3.05) is 7.11 Å². The Balaban J connectivity index is 1.56. The van der Waals surface area contributed by atoms with Gasteiger partial charge in [0.25, 0.3) is 5.69 Å². The third-order valence-corrected chi connectivity index (χ3v) is 7.37. The SMILES string of the molecule is COc1ccc(-c2csc(-n3[nH]c(-c4ccc([N+](=O)[O-])cc4)c(N=Nc4ccc(S(=O)(=O)[O-])cc4)c3=O)n2)cc1. The number of methoxy groups -OCH3 is 1. The molecule has 1 N–H and O–H groups in total. The fourth-order valence-corrected chi connectivity index (χ4v) is 4.92. The van der Waals surface area contributed by atoms with Gasteiger partial charge in [-0.1, -0.05) is 0 Å². The molecule has 0 aliphatic carbocycles. The van der Waals surface area contributed by atoms with Crippen LogP contribution in [0.4, 0.5) is 17.1 Å². The number of non-ortho nitro benzene ring substituents is 1. The van der Waals surface area contributed by atoms with Crippen molar-refractivity contribution < 1.29 is 22.6 Å². The highest BCUT2D eigenvalue weighted by Crippen LogP contribution is 2.31. The van der Waals surface area contributed by atoms with Gasteiger partial charge in [0.1, 0.15) is 15.9 Å². The molecule has 0 bridgehead atoms. The molecule has 0 saturated heterocycles. The van der Waals surface area contributed by atoms with Gasteiger partial charge in [0, 0.05) is 28.6 Å². The largest absolute Gasteiger partial charge is 0.744 e. The number of hydrogen-bond acceptors (Lipinski definition) is 11. The minimum atomic E-state index is -4.64. The zero-order chi connectivity index (χ0) is 28.4. The fourth-order valence-electron chi connectivity index (χ4n) is 3.66. The number of nitro benzene ring substituents is 1. The molecule has 3 aromatic carbocycles. The normalized spacial score (nSPS) is 11.7. The number of nitrogens with zero attached hydrogens (tertiary/aromatic N) is 5. The minimum Gasteiger partial charge on any atom is -0.744 e. The van der Waals surface area contributed by atoms with Crippen LogP contribution in [0.5, 0.6) is 5.75 Å². The molecule has 0 fully saturated rings. The van der Waals surface area contributed by atoms with Gasteiger partial charge in [-0.25, -0.2) is 13.4 Å². The molecule has 0 aliphatic heterocycles. The number of benzene rings is 3. The van der Waals surface area contributed by atoms with Crippen LogP contribution in [-0.4, -0.2) is 39.8 Å². The van der Waals surface area contributed by atoms with Crippen LogP contribution in [0.25, 0.3) is 27.6 Å². The molecule has 0 saturated carbocycles. The van der Waals surface area contributed by atoms with E-state index in [1.165, 1.54) is 52.4 Å². The number of rotatable bonds is 8. The summed E-state index contributed by atoms with van der Waals surface area (Å²) in [5.41, 5.74) is 1.43. The molecule has 202 valence electrons. The van der Waals surface area contributed by atoms with Crippen molar-refractivity contribution in [3.05, 3.63) is 98.6 Å². The zero-order valence-electron chi connectivity index (χ0n) is 20.4. The number of nitro groups is 1. The summed E-state index contributed by atoms with van der Waals surface area (Å²) >= 11 is 1.20. The van der Waals surface area contributed by atoms with E-state index in [-0.39, 0.29) is 22.8 Å². The molecule has 2 aromatic heterocycles. The Morgan fingerprint density at radius 1 is 0.975 bits per heavy atom. The van der Waals surface area contributed by atoms with Crippen molar-refractivity contribution in [1.82, 2.24) is 14.8 Å². The van der Waals surface area contributed by atoms with E-state index in [2.05, 4.69) is 20.3 Å². The van der Waals surface area contributed by atoms with Crippen LogP contribution < -0.4 is 10.3 Å². The number of nitrogens with one attached hydrogen (secondary N) is 1. The van der Waals surface area contributed by atoms with Crippen molar-refractivity contribution in [2.45, 2.75) is 4.90 Å². The maximum atomic E-state index is 13.5. The number of aromatic nitrogens is 3. The molecule has 5 rings (SSSR count). The van der Waals surface area contributed by atoms with Gasteiger partial charge in [0.15, 0.2) is 5.69 Å². The van der Waals surface area contributed by atoms with E-state index in [1.807, 2.05) is 12.1 Å². The number of thiazole rings is 1. The van der Waals surface area contributed by atoms with Crippen LogP contribution in [0, 0.1) is 10.1 Å². The molecule has 13 nitrogen and oxygen atoms in total. The Morgan fingerprint density at radius 3 is 2.23 bits per heavy atom. The first kappa shape index (κ1) is 26.6. The van der Waals surface area contributed by atoms with Gasteiger partial charge < -0.3 is 9.29 Å². The second-order valence-electron chi connectivity index (χ2n) is 8.17. The molecule has 0 unspecified atom stereocenters. The zero-order valence-corrected chi connectivity index (χ0v) is 22.0. The lowest BCUT2D eigenvalue weighted by Gasteiger charge is -2.05. The maximum absolute atomic E-state index is 13.5. The summed E-state index contributed by atoms with van der Waals surface area (Å²) in [5.74, 6) is 0.687. The van der Waals surface area contributed by atoms with E-state index in [9.17, 15) is 27.9 Å². The van der Waals surface area contributed by atoms with E-state index >= 15 is 0 Å². The van der Waals surface area contributed by atoms with Crippen LogP contribution in [0.2, 0.25) is 0 Å². The number of ether oxygens (including phenoxy) is 1. The molecule has 0 aliphatic rings. The molecule has 0 amide bonds. The molecule has 15 heteroatoms. The van der Waals surface area contributed by atoms with Crippen molar-refractivity contribution in [2.24, 2.45) is 10.2 Å². The first-order valence-corrected chi connectivity index (χ1v) is 13.6. The monoisotopic (exact) mass is 577 g/mol. The molecular formula is C25H17N6O7S2-. The Kier molecular flexibility index (Phi) is 7.08. The predicted molar refractivity (Wildman–Crippen MR) is 145 cm³/mol. The summed E-state index contributed by atoms with van der Waals surface area (Å²) in [6.07, 6.45) is 0. The predicted octanol–water partition coefficient (Wildman–Crippen LogP) is 5.19. The lowest BCUT2D eigenvalue weighted by molar-refractivity contribution is -0.384. The third-order valence-electron chi connectivity index (χ3n) is 5.69. The quantitative estimate of drug-likeness (QED) is 0.113. The average molecular weight is 578 g/mol. The van der Waals surface area contributed by atoms with Crippen molar-refractivity contribution in [3.63, 3.8) is 0 Å². The Hall–Kier alpha value is -4.99. The van der Waals surface area contributed by atoms with Crippen molar-refractivity contribution in [1.29, 1.82) is 0 Å². The van der Waals surface area contributed by atoms with E-state index in [4.69, 9.17) is 4.74 Å². The highest BCUT2D eigenvalue weighted by molar-refractivity contribution is 7.85. The van der Waals surface area contributed by atoms with Gasteiger partial charge in [-0.2, -0.15) is 9.80 Å². The fraction of sp³-hybridized carbons (Fsp3) is 0.0400. The smallest absolute Gasteiger partial charge is 0.301 e. The number of azo groups is 1. The summed E-state index contributed by atoms with van der Waals surface area (Å²) in [5, 5.41) is 24.3. The molecule has 0 radical (unpaired) electrons. The van der Waals surface area contributed by atoms with Crippen molar-refractivity contribution in [3.8, 4) is 33.4 Å². The number of H-pyrrole nitrogens is 1. The number of hydrogen-bond donors (Lipinski definition) is 1. The molecule has 0 atom stereocenters. The lowest BCUT2D eigenvalue weighted by Crippen LogP contribution is -2.13. The Bertz CT molecular complexity index is 1890. The van der Waals surface area contributed by atoms with Crippen LogP contribution in [-0.2, 0) is 10.1 Å². The third kappa shape index (κ3) is 5.42. The van der Waals surface area contributed by atoms with E-state index in [0.717, 1.165) is 17.7 Å². The first-order valence-electron chi connectivity index (χ1n) is 11.3. The molecule has 40 heavy (non-hydrogen) atoms. The molecule has 2 heterocycles. The van der Waals surface area contributed by atoms with Gasteiger partial charge in [0.05, 0.1) is 34.0 Å². The highest BCUT2D eigenvalue weighted by atomic mass is 32.2. The van der Waals surface area contributed by atoms with Gasteiger partial charge in [-0.3, -0.25) is 20.0 Å². The first-order chi connectivity index (χ1) is 19.1. The summed E-state index contributed by atoms with van der Waals surface area (Å²) in [6.45, 7) is 0. The lowest BCUT2D eigenvalue weighted by atomic mass is 10.1. The number of aromatic amines is 1. The highest BCUT2D eigenvalue weighted by Gasteiger charge is 2.20. The minimum absolute atomic E-state index is 0.115. The van der Waals surface area contributed by atoms with Gasteiger partial charge in [0.2, 0.25) is 5.13 Å². The van der Waals surface area contributed by atoms with E-state index in [0.29, 0.717) is 22.1 Å². The summed E-state index contributed by atoms with van der Waals surface area (Å²) in [7, 11) is -3.07. The van der Waals surface area contributed by atoms with Gasteiger partial charge in [-0.15, -0.1) is 16.5 Å². The summed E-state index contributed by atoms with van der Waals surface area (Å²) < 4.78 is 39.9. The summed E-state index contributed by atoms with van der Waals surface area (Å²) in [4.78, 5) is 28.2. The van der Waals surface area contributed by atoms with Crippen LogP contribution in [0.1, 0.15) is 0 Å². The van der Waals surface area contributed by atoms with Crippen LogP contribution in [0.3, 0.4) is 0 Å². The van der Waals surface area contributed by atoms with E-state index in [1.54, 1.807) is 24.6 Å². The second kappa shape index (κ2) is 10.6. The van der Waals surface area contributed by atoms with E-state index < -0.39 is 25.5 Å². The Labute approximate surface area is 229 Å². The molecule has 5 aromatic rings. The Morgan fingerprint density at radius 2 is 1.62 bits per heavy atom. The second-order valence-corrected chi connectivity index (χ2v) is 10.4. The average Bonchev–Trinajstić information content (AvgIpc) is 3.56. The standard InChI is InChI=1S/C25H18N6O7S2/c1-38-19-10-4-15(5-11-19)21-14-39-25(26-21)30-24(32)23(22(29-30)16-2-8-18(9-3-16)31(33)34)28-27-17-6-12-20(13-7-17)40(35,36)37/h2-14,29H,1H3,(H,35,36,37)/p-1. The van der Waals surface area contributed by atoms with Gasteiger partial charge in [-0.05, 0) is 60.7 Å².